The first-order valence-electron chi connectivity index (χ1n) is 6.54. The van der Waals surface area contributed by atoms with Crippen molar-refractivity contribution in [3.05, 3.63) is 48.0 Å². The van der Waals surface area contributed by atoms with Crippen LogP contribution < -0.4 is 26.1 Å². The summed E-state index contributed by atoms with van der Waals surface area (Å²) in [5, 5.41) is 2.82. The minimum absolute atomic E-state index is 0.199. The second-order valence-corrected chi connectivity index (χ2v) is 4.53. The number of nitrogens with one attached hydrogen (secondary N) is 2. The molecule has 0 fully saturated rings. The van der Waals surface area contributed by atoms with Crippen LogP contribution in [0.15, 0.2) is 42.5 Å². The Morgan fingerprint density at radius 3 is 2.33 bits per heavy atom. The van der Waals surface area contributed by atoms with Gasteiger partial charge < -0.3 is 20.2 Å². The van der Waals surface area contributed by atoms with E-state index in [4.69, 9.17) is 15.3 Å². The quantitative estimate of drug-likeness (QED) is 0.593. The fourth-order valence-electron chi connectivity index (χ4n) is 2.04. The third-order valence-corrected chi connectivity index (χ3v) is 3.11. The average Bonchev–Trinajstić information content (AvgIpc) is 2.55. The summed E-state index contributed by atoms with van der Waals surface area (Å²) in [5.74, 6) is 6.42. The topological polar surface area (TPSA) is 85.6 Å². The van der Waals surface area contributed by atoms with Gasteiger partial charge >= 0.3 is 0 Å². The lowest BCUT2D eigenvalue weighted by atomic mass is 10.2. The van der Waals surface area contributed by atoms with Gasteiger partial charge in [0.05, 0.1) is 0 Å². The fourth-order valence-corrected chi connectivity index (χ4v) is 2.04. The average molecular weight is 285 g/mol. The van der Waals surface area contributed by atoms with Crippen molar-refractivity contribution in [2.24, 2.45) is 5.84 Å². The van der Waals surface area contributed by atoms with E-state index < -0.39 is 0 Å². The smallest absolute Gasteiger partial charge is 0.255 e. The van der Waals surface area contributed by atoms with E-state index in [9.17, 15) is 4.79 Å². The van der Waals surface area contributed by atoms with Crippen molar-refractivity contribution >= 4 is 17.3 Å². The minimum atomic E-state index is -0.199. The molecule has 6 nitrogen and oxygen atoms in total. The normalized spacial score (nSPS) is 12.6. The Hall–Kier alpha value is -2.73. The Morgan fingerprint density at radius 2 is 1.62 bits per heavy atom. The highest BCUT2D eigenvalue weighted by molar-refractivity contribution is 6.04. The Morgan fingerprint density at radius 1 is 0.952 bits per heavy atom. The summed E-state index contributed by atoms with van der Waals surface area (Å²) in [6.45, 7) is 1.05. The number of carbonyl (C=O) groups is 1. The summed E-state index contributed by atoms with van der Waals surface area (Å²) < 4.78 is 10.9. The van der Waals surface area contributed by atoms with Crippen LogP contribution in [-0.2, 0) is 0 Å². The summed E-state index contributed by atoms with van der Waals surface area (Å²) in [5.41, 5.74) is 4.46. The maximum absolute atomic E-state index is 12.1. The molecule has 2 aromatic rings. The molecule has 1 aliphatic rings. The number of benzene rings is 2. The van der Waals surface area contributed by atoms with Crippen molar-refractivity contribution in [1.29, 1.82) is 0 Å². The number of hydrogen-bond donors (Lipinski definition) is 3. The zero-order valence-electron chi connectivity index (χ0n) is 11.3. The van der Waals surface area contributed by atoms with Crippen molar-refractivity contribution in [3.8, 4) is 11.5 Å². The molecule has 1 aliphatic heterocycles. The number of nitrogen functional groups attached to an aromatic ring is 1. The van der Waals surface area contributed by atoms with Crippen LogP contribution in [0, 0.1) is 0 Å². The molecule has 0 saturated heterocycles. The highest BCUT2D eigenvalue weighted by Crippen LogP contribution is 2.32. The number of rotatable bonds is 3. The standard InChI is InChI=1S/C15H15N3O3/c16-18-11-3-1-10(2-4-11)15(19)17-12-5-6-13-14(9-12)21-8-7-20-13/h1-6,9,18H,7-8,16H2,(H,17,19). The Labute approximate surface area is 121 Å². The molecule has 21 heavy (non-hydrogen) atoms. The number of hydrazine groups is 1. The molecule has 6 heteroatoms. The first kappa shape index (κ1) is 13.3. The van der Waals surface area contributed by atoms with Crippen LogP contribution in [0.3, 0.4) is 0 Å². The SMILES string of the molecule is NNc1ccc(C(=O)Nc2ccc3c(c2)OCCO3)cc1. The third kappa shape index (κ3) is 2.90. The van der Waals surface area contributed by atoms with Crippen LogP contribution in [0.5, 0.6) is 11.5 Å². The van der Waals surface area contributed by atoms with E-state index in [2.05, 4.69) is 10.7 Å². The first-order chi connectivity index (χ1) is 10.3. The monoisotopic (exact) mass is 285 g/mol. The molecule has 2 aromatic carbocycles. The van der Waals surface area contributed by atoms with Crippen LogP contribution in [0.1, 0.15) is 10.4 Å². The Bertz CT molecular complexity index is 656. The molecule has 3 rings (SSSR count). The molecule has 0 spiro atoms. The van der Waals surface area contributed by atoms with Crippen molar-refractivity contribution in [2.75, 3.05) is 24.0 Å². The van der Waals surface area contributed by atoms with Crippen molar-refractivity contribution in [1.82, 2.24) is 0 Å². The van der Waals surface area contributed by atoms with Crippen LogP contribution in [-0.4, -0.2) is 19.1 Å². The number of nitrogens with two attached hydrogens (primary N) is 1. The largest absolute Gasteiger partial charge is 0.486 e. The Balaban J connectivity index is 1.74. The van der Waals surface area contributed by atoms with E-state index in [0.29, 0.717) is 36.0 Å². The maximum atomic E-state index is 12.1. The summed E-state index contributed by atoms with van der Waals surface area (Å²) in [4.78, 5) is 12.1. The lowest BCUT2D eigenvalue weighted by molar-refractivity contribution is 0.102. The van der Waals surface area contributed by atoms with Crippen molar-refractivity contribution < 1.29 is 14.3 Å². The predicted molar refractivity (Wildman–Crippen MR) is 79.6 cm³/mol. The number of amides is 1. The lowest BCUT2D eigenvalue weighted by Gasteiger charge is -2.19. The zero-order chi connectivity index (χ0) is 14.7. The maximum Gasteiger partial charge on any atom is 0.255 e. The molecule has 0 aliphatic carbocycles. The number of hydrogen-bond acceptors (Lipinski definition) is 5. The molecule has 1 heterocycles. The summed E-state index contributed by atoms with van der Waals surface area (Å²) in [7, 11) is 0. The van der Waals surface area contributed by atoms with Crippen LogP contribution in [0.4, 0.5) is 11.4 Å². The molecule has 0 radical (unpaired) electrons. The van der Waals surface area contributed by atoms with Gasteiger partial charge in [-0.05, 0) is 36.4 Å². The number of ether oxygens (including phenoxy) is 2. The van der Waals surface area contributed by atoms with E-state index in [0.717, 1.165) is 5.69 Å². The van der Waals surface area contributed by atoms with Gasteiger partial charge in [0.2, 0.25) is 0 Å². The number of carbonyl (C=O) groups excluding carboxylic acids is 1. The highest BCUT2D eigenvalue weighted by atomic mass is 16.6. The molecular weight excluding hydrogens is 270 g/mol. The number of fused-ring (bicyclic) bond motifs is 1. The first-order valence-corrected chi connectivity index (χ1v) is 6.54. The van der Waals surface area contributed by atoms with Gasteiger partial charge in [-0.25, -0.2) is 0 Å². The fraction of sp³-hybridized carbons (Fsp3) is 0.133. The zero-order valence-corrected chi connectivity index (χ0v) is 11.3. The Kier molecular flexibility index (Phi) is 3.61. The molecule has 0 saturated carbocycles. The van der Waals surface area contributed by atoms with Gasteiger partial charge in [-0.3, -0.25) is 10.6 Å². The lowest BCUT2D eigenvalue weighted by Crippen LogP contribution is -2.16. The van der Waals surface area contributed by atoms with Crippen LogP contribution in [0.25, 0.3) is 0 Å². The van der Waals surface area contributed by atoms with E-state index >= 15 is 0 Å². The van der Waals surface area contributed by atoms with Crippen LogP contribution >= 0.6 is 0 Å². The highest BCUT2D eigenvalue weighted by Gasteiger charge is 2.13. The van der Waals surface area contributed by atoms with Gasteiger partial charge in [0, 0.05) is 23.0 Å². The molecular formula is C15H15N3O3. The molecule has 0 atom stereocenters. The van der Waals surface area contributed by atoms with Gasteiger partial charge in [0.1, 0.15) is 13.2 Å². The second-order valence-electron chi connectivity index (χ2n) is 4.53. The van der Waals surface area contributed by atoms with Gasteiger partial charge in [-0.1, -0.05) is 0 Å². The number of anilines is 2. The second kappa shape index (κ2) is 5.72. The predicted octanol–water partition coefficient (Wildman–Crippen LogP) is 2.00. The molecule has 0 aromatic heterocycles. The molecule has 108 valence electrons. The molecule has 0 bridgehead atoms. The summed E-state index contributed by atoms with van der Waals surface area (Å²) in [6.07, 6.45) is 0. The van der Waals surface area contributed by atoms with E-state index in [1.54, 1.807) is 42.5 Å². The summed E-state index contributed by atoms with van der Waals surface area (Å²) >= 11 is 0. The van der Waals surface area contributed by atoms with Gasteiger partial charge in [0.15, 0.2) is 11.5 Å². The van der Waals surface area contributed by atoms with E-state index in [-0.39, 0.29) is 5.91 Å². The molecule has 4 N–H and O–H groups in total. The summed E-state index contributed by atoms with van der Waals surface area (Å²) in [6, 6.07) is 12.2. The van der Waals surface area contributed by atoms with Gasteiger partial charge in [0.25, 0.3) is 5.91 Å². The minimum Gasteiger partial charge on any atom is -0.486 e. The molecule has 1 amide bonds. The van der Waals surface area contributed by atoms with Crippen molar-refractivity contribution in [2.45, 2.75) is 0 Å². The van der Waals surface area contributed by atoms with E-state index in [1.807, 2.05) is 0 Å². The van der Waals surface area contributed by atoms with Gasteiger partial charge in [-0.2, -0.15) is 0 Å². The van der Waals surface area contributed by atoms with Crippen LogP contribution in [0.2, 0.25) is 0 Å². The van der Waals surface area contributed by atoms with Gasteiger partial charge in [-0.15, -0.1) is 0 Å². The third-order valence-electron chi connectivity index (χ3n) is 3.11. The molecule has 0 unspecified atom stereocenters. The van der Waals surface area contributed by atoms with Crippen molar-refractivity contribution in [3.63, 3.8) is 0 Å². The van der Waals surface area contributed by atoms with E-state index in [1.165, 1.54) is 0 Å².